The van der Waals surface area contributed by atoms with E-state index in [1.54, 1.807) is 62.7 Å². The number of methoxy groups -OCH3 is 4. The molecule has 1 aliphatic heterocycles. The van der Waals surface area contributed by atoms with E-state index in [0.717, 1.165) is 5.56 Å². The van der Waals surface area contributed by atoms with Crippen LogP contribution in [0.2, 0.25) is 0 Å². The van der Waals surface area contributed by atoms with Gasteiger partial charge in [-0.3, -0.25) is 9.59 Å². The van der Waals surface area contributed by atoms with Crippen LogP contribution in [0.15, 0.2) is 54.6 Å². The van der Waals surface area contributed by atoms with Crippen molar-refractivity contribution in [2.75, 3.05) is 35.5 Å². The summed E-state index contributed by atoms with van der Waals surface area (Å²) < 4.78 is 36.6. The first-order chi connectivity index (χ1) is 17.8. The number of amides is 2. The Balaban J connectivity index is 1.79. The van der Waals surface area contributed by atoms with Gasteiger partial charge in [0, 0.05) is 36.3 Å². The molecule has 2 atom stereocenters. The summed E-state index contributed by atoms with van der Waals surface area (Å²) in [4.78, 5) is 28.7. The van der Waals surface area contributed by atoms with Gasteiger partial charge in [0.2, 0.25) is 5.91 Å². The Hall–Kier alpha value is -4.27. The number of ether oxygens (including phenoxy) is 4. The molecular weight excluding hydrogens is 479 g/mol. The summed E-state index contributed by atoms with van der Waals surface area (Å²) in [7, 11) is 7.59. The van der Waals surface area contributed by atoms with Crippen molar-refractivity contribution in [2.45, 2.75) is 18.5 Å². The van der Waals surface area contributed by atoms with Crippen molar-refractivity contribution in [3.05, 3.63) is 82.7 Å². The fraction of sp³-hybridized carbons (Fsp3) is 0.286. The maximum atomic E-state index is 15.0. The third-order valence-corrected chi connectivity index (χ3v) is 6.63. The average Bonchev–Trinajstić information content (AvgIpc) is 2.93. The monoisotopic (exact) mass is 508 g/mol. The summed E-state index contributed by atoms with van der Waals surface area (Å²) in [5.74, 6) is -0.301. The molecule has 0 unspecified atom stereocenters. The molecule has 2 amide bonds. The lowest BCUT2D eigenvalue weighted by molar-refractivity contribution is -0.124. The van der Waals surface area contributed by atoms with Gasteiger partial charge in [-0.15, -0.1) is 0 Å². The van der Waals surface area contributed by atoms with E-state index in [-0.39, 0.29) is 29.5 Å². The van der Waals surface area contributed by atoms with Gasteiger partial charge in [0.1, 0.15) is 17.3 Å². The topological polar surface area (TPSA) is 86.3 Å². The lowest BCUT2D eigenvalue weighted by atomic mass is 9.79. The second-order valence-corrected chi connectivity index (χ2v) is 8.55. The van der Waals surface area contributed by atoms with Gasteiger partial charge in [-0.05, 0) is 35.9 Å². The van der Waals surface area contributed by atoms with Gasteiger partial charge < -0.3 is 29.2 Å². The molecular formula is C28H29FN2O6. The number of fused-ring (bicyclic) bond motifs is 1. The Labute approximate surface area is 214 Å². The summed E-state index contributed by atoms with van der Waals surface area (Å²) >= 11 is 0. The molecule has 3 aromatic carbocycles. The molecule has 194 valence electrons. The van der Waals surface area contributed by atoms with Gasteiger partial charge in [-0.1, -0.05) is 18.2 Å². The normalized spacial score (nSPS) is 16.6. The van der Waals surface area contributed by atoms with E-state index in [2.05, 4.69) is 5.32 Å². The zero-order valence-corrected chi connectivity index (χ0v) is 21.3. The van der Waals surface area contributed by atoms with Crippen molar-refractivity contribution in [3.8, 4) is 23.0 Å². The molecule has 0 saturated heterocycles. The van der Waals surface area contributed by atoms with Crippen LogP contribution in [0.1, 0.15) is 39.0 Å². The second-order valence-electron chi connectivity index (χ2n) is 8.55. The Morgan fingerprint density at radius 1 is 0.892 bits per heavy atom. The number of hydrogen-bond acceptors (Lipinski definition) is 6. The van der Waals surface area contributed by atoms with Crippen molar-refractivity contribution in [1.82, 2.24) is 10.2 Å². The van der Waals surface area contributed by atoms with Crippen LogP contribution >= 0.6 is 0 Å². The van der Waals surface area contributed by atoms with Crippen LogP contribution in [0.4, 0.5) is 4.39 Å². The van der Waals surface area contributed by atoms with Gasteiger partial charge in [0.05, 0.1) is 40.4 Å². The third kappa shape index (κ3) is 4.76. The molecule has 1 heterocycles. The molecule has 0 bridgehead atoms. The highest BCUT2D eigenvalue weighted by molar-refractivity contribution is 6.02. The third-order valence-electron chi connectivity index (χ3n) is 6.63. The first-order valence-corrected chi connectivity index (χ1v) is 11.6. The van der Waals surface area contributed by atoms with Crippen molar-refractivity contribution in [1.29, 1.82) is 0 Å². The molecule has 37 heavy (non-hydrogen) atoms. The quantitative estimate of drug-likeness (QED) is 0.494. The zero-order valence-electron chi connectivity index (χ0n) is 21.3. The minimum Gasteiger partial charge on any atom is -0.497 e. The second kappa shape index (κ2) is 10.8. The van der Waals surface area contributed by atoms with Crippen molar-refractivity contribution in [3.63, 3.8) is 0 Å². The number of carbonyl (C=O) groups excluding carboxylic acids is 2. The van der Waals surface area contributed by atoms with E-state index in [1.807, 2.05) is 0 Å². The van der Waals surface area contributed by atoms with Gasteiger partial charge in [0.25, 0.3) is 5.91 Å². The molecule has 8 nitrogen and oxygen atoms in total. The van der Waals surface area contributed by atoms with E-state index >= 15 is 4.39 Å². The Bertz CT molecular complexity index is 1330. The number of hydrogen-bond donors (Lipinski definition) is 1. The van der Waals surface area contributed by atoms with Crippen LogP contribution < -0.4 is 24.3 Å². The molecule has 0 aliphatic carbocycles. The zero-order chi connectivity index (χ0) is 26.7. The predicted molar refractivity (Wildman–Crippen MR) is 135 cm³/mol. The van der Waals surface area contributed by atoms with Gasteiger partial charge >= 0.3 is 0 Å². The number of rotatable bonds is 8. The average molecular weight is 509 g/mol. The van der Waals surface area contributed by atoms with Crippen LogP contribution in [0, 0.1) is 5.82 Å². The van der Waals surface area contributed by atoms with E-state index in [4.69, 9.17) is 18.9 Å². The highest BCUT2D eigenvalue weighted by Crippen LogP contribution is 2.46. The van der Waals surface area contributed by atoms with Crippen LogP contribution in [0.25, 0.3) is 0 Å². The van der Waals surface area contributed by atoms with Crippen molar-refractivity contribution >= 4 is 11.8 Å². The summed E-state index contributed by atoms with van der Waals surface area (Å²) in [5, 5.41) is 2.95. The molecule has 0 aromatic heterocycles. The first kappa shape index (κ1) is 25.8. The predicted octanol–water partition coefficient (Wildman–Crippen LogP) is 4.09. The molecule has 1 aliphatic rings. The first-order valence-electron chi connectivity index (χ1n) is 11.6. The fourth-order valence-electron chi connectivity index (χ4n) is 4.73. The summed E-state index contributed by atoms with van der Waals surface area (Å²) in [5.41, 5.74) is 1.68. The Morgan fingerprint density at radius 2 is 1.57 bits per heavy atom. The number of nitrogens with zero attached hydrogens (tertiary/aromatic N) is 1. The minimum atomic E-state index is -0.932. The van der Waals surface area contributed by atoms with E-state index < -0.39 is 17.8 Å². The van der Waals surface area contributed by atoms with E-state index in [1.165, 1.54) is 32.3 Å². The van der Waals surface area contributed by atoms with Crippen LogP contribution in [0.3, 0.4) is 0 Å². The maximum Gasteiger partial charge on any atom is 0.254 e. The van der Waals surface area contributed by atoms with Crippen molar-refractivity contribution < 1.29 is 32.9 Å². The summed E-state index contributed by atoms with van der Waals surface area (Å²) in [6, 6.07) is 13.7. The smallest absolute Gasteiger partial charge is 0.254 e. The molecule has 4 rings (SSSR count). The van der Waals surface area contributed by atoms with E-state index in [0.29, 0.717) is 28.6 Å². The standard InChI is InChI=1S/C28H29FN2O6/c1-31-26(18-8-6-7-9-21(18)29)25(19-13-23(36-4)24(37-5)14-20(19)28(31)33)27(32)30-15-16-10-11-17(34-2)12-22(16)35-3/h6-14,25-26H,15H2,1-5H3,(H,30,32)/t25-,26+/m1/s1. The number of likely N-dealkylation sites (N-methyl/N-ethyl adjacent to an activating group) is 1. The van der Waals surface area contributed by atoms with E-state index in [9.17, 15) is 9.59 Å². The van der Waals surface area contributed by atoms with Gasteiger partial charge in [0.15, 0.2) is 11.5 Å². The lowest BCUT2D eigenvalue weighted by Crippen LogP contribution is -2.45. The Kier molecular flexibility index (Phi) is 7.52. The number of carbonyl (C=O) groups is 2. The molecule has 1 N–H and O–H groups in total. The highest BCUT2D eigenvalue weighted by atomic mass is 19.1. The van der Waals surface area contributed by atoms with Crippen molar-refractivity contribution in [2.24, 2.45) is 0 Å². The maximum absolute atomic E-state index is 15.0. The Morgan fingerprint density at radius 3 is 2.22 bits per heavy atom. The number of nitrogens with one attached hydrogen (secondary N) is 1. The molecule has 0 fully saturated rings. The largest absolute Gasteiger partial charge is 0.497 e. The number of halogens is 1. The molecule has 3 aromatic rings. The summed E-state index contributed by atoms with van der Waals surface area (Å²) in [6.45, 7) is 0.146. The van der Waals surface area contributed by atoms with Gasteiger partial charge in [-0.25, -0.2) is 4.39 Å². The van der Waals surface area contributed by atoms with Crippen LogP contribution in [-0.2, 0) is 11.3 Å². The number of benzene rings is 3. The molecule has 0 spiro atoms. The van der Waals surface area contributed by atoms with Crippen LogP contribution in [-0.4, -0.2) is 52.2 Å². The lowest BCUT2D eigenvalue weighted by Gasteiger charge is -2.40. The minimum absolute atomic E-state index is 0.146. The molecule has 9 heteroatoms. The highest BCUT2D eigenvalue weighted by Gasteiger charge is 2.44. The molecule has 0 radical (unpaired) electrons. The SMILES string of the molecule is COc1ccc(CNC(=O)[C@@H]2c3cc(OC)c(OC)cc3C(=O)N(C)[C@H]2c2ccccc2F)c(OC)c1. The van der Waals surface area contributed by atoms with Gasteiger partial charge in [-0.2, -0.15) is 0 Å². The summed E-state index contributed by atoms with van der Waals surface area (Å²) in [6.07, 6.45) is 0. The fourth-order valence-corrected chi connectivity index (χ4v) is 4.73. The molecule has 0 saturated carbocycles. The van der Waals surface area contributed by atoms with Crippen LogP contribution in [0.5, 0.6) is 23.0 Å².